The molecule has 0 unspecified atom stereocenters. The number of anilines is 1. The van der Waals surface area contributed by atoms with Crippen LogP contribution in [0.25, 0.3) is 0 Å². The van der Waals surface area contributed by atoms with Crippen molar-refractivity contribution < 1.29 is 32.6 Å². The summed E-state index contributed by atoms with van der Waals surface area (Å²) in [5.74, 6) is -3.91. The average Bonchev–Trinajstić information content (AvgIpc) is 2.86. The van der Waals surface area contributed by atoms with E-state index in [4.69, 9.17) is 13.9 Å². The monoisotopic (exact) mass is 477 g/mol. The first-order valence-corrected chi connectivity index (χ1v) is 13.3. The zero-order valence-electron chi connectivity index (χ0n) is 19.5. The van der Waals surface area contributed by atoms with E-state index in [1.165, 1.54) is 6.07 Å². The normalized spacial score (nSPS) is 25.4. The zero-order chi connectivity index (χ0) is 24.5. The molecule has 0 aliphatic carbocycles. The molecule has 0 spiro atoms. The number of ether oxygens (including phenoxy) is 2. The van der Waals surface area contributed by atoms with E-state index in [1.807, 2.05) is 13.8 Å². The molecule has 0 saturated carbocycles. The Morgan fingerprint density at radius 3 is 2.50 bits per heavy atom. The van der Waals surface area contributed by atoms with Crippen molar-refractivity contribution in [3.63, 3.8) is 0 Å². The molecule has 1 aliphatic rings. The van der Waals surface area contributed by atoms with Gasteiger partial charge in [0.25, 0.3) is 0 Å². The van der Waals surface area contributed by atoms with Gasteiger partial charge in [0.2, 0.25) is 5.72 Å². The Balaban J connectivity index is 2.46. The fourth-order valence-electron chi connectivity index (χ4n) is 3.25. The first kappa shape index (κ1) is 26.4. The van der Waals surface area contributed by atoms with Crippen LogP contribution in [0, 0.1) is 11.3 Å². The quantitative estimate of drug-likeness (QED) is 0.581. The van der Waals surface area contributed by atoms with E-state index in [0.717, 1.165) is 6.20 Å². The number of amides is 1. The Labute approximate surface area is 187 Å². The fourth-order valence-corrected chi connectivity index (χ4v) is 3.81. The van der Waals surface area contributed by atoms with Crippen molar-refractivity contribution in [1.29, 1.82) is 0 Å². The summed E-state index contributed by atoms with van der Waals surface area (Å²) < 4.78 is 48.0. The number of carbonyl (C=O) groups is 1. The molecule has 1 amide bonds. The molecule has 2 heterocycles. The van der Waals surface area contributed by atoms with Crippen molar-refractivity contribution in [1.82, 2.24) is 9.55 Å². The molecular weight excluding hydrogens is 444 g/mol. The third-order valence-corrected chi connectivity index (χ3v) is 5.77. The first-order chi connectivity index (χ1) is 14.6. The highest BCUT2D eigenvalue weighted by molar-refractivity contribution is 6.48. The summed E-state index contributed by atoms with van der Waals surface area (Å²) in [5, 5.41) is 12.7. The van der Waals surface area contributed by atoms with Crippen LogP contribution in [-0.2, 0) is 19.6 Å². The maximum absolute atomic E-state index is 15.5. The van der Waals surface area contributed by atoms with Crippen LogP contribution in [0.15, 0.2) is 17.1 Å². The van der Waals surface area contributed by atoms with E-state index in [-0.39, 0.29) is 18.3 Å². The molecule has 3 atom stereocenters. The Kier molecular flexibility index (Phi) is 7.85. The van der Waals surface area contributed by atoms with E-state index >= 15 is 8.78 Å². The van der Waals surface area contributed by atoms with Gasteiger partial charge in [-0.1, -0.05) is 34.6 Å². The molecule has 0 radical (unpaired) electrons. The minimum atomic E-state index is -3.86. The average molecular weight is 478 g/mol. The van der Waals surface area contributed by atoms with Crippen LogP contribution in [0.5, 0.6) is 0 Å². The summed E-state index contributed by atoms with van der Waals surface area (Å²) in [6, 6.07) is 1.18. The number of hydrogen-bond donors (Lipinski definition) is 2. The third kappa shape index (κ3) is 5.35. The van der Waals surface area contributed by atoms with Crippen LogP contribution >= 0.6 is 0 Å². The van der Waals surface area contributed by atoms with Gasteiger partial charge in [-0.2, -0.15) is 13.8 Å². The van der Waals surface area contributed by atoms with Crippen molar-refractivity contribution >= 4 is 21.0 Å². The standard InChI is InChI=1S/C20H33F2N3O6Si/c1-12(2)10-29-17(28)24-13-8-9-25(16(27)23-13)19(11-30-32(6)7)20(21,22)14(26)15(31-19)18(3,4)5/h8-9,12,14-15,26,32H,10-11H2,1-7H3,(H,23,24,27,28)/t14-,15+,19-/m1/s1. The molecule has 0 bridgehead atoms. The molecule has 1 aromatic heterocycles. The highest BCUT2D eigenvalue weighted by Gasteiger charge is 2.71. The molecule has 182 valence electrons. The zero-order valence-corrected chi connectivity index (χ0v) is 20.7. The number of nitrogens with zero attached hydrogens (tertiary/aromatic N) is 2. The van der Waals surface area contributed by atoms with Gasteiger partial charge in [0.05, 0.1) is 19.3 Å². The molecular formula is C20H33F2N3O6Si. The Morgan fingerprint density at radius 2 is 2.03 bits per heavy atom. The highest BCUT2D eigenvalue weighted by atomic mass is 28.3. The van der Waals surface area contributed by atoms with Gasteiger partial charge in [-0.25, -0.2) is 9.59 Å². The number of carbonyl (C=O) groups excluding carboxylic acids is 1. The summed E-state index contributed by atoms with van der Waals surface area (Å²) in [4.78, 5) is 28.3. The first-order valence-electron chi connectivity index (χ1n) is 10.5. The SMILES string of the molecule is CC(C)COC(=O)Nc1ccn([C@]2(CO[SiH](C)C)O[C@H](C(C)(C)C)[C@@H](O)C2(F)F)c(=O)n1. The molecule has 2 rings (SSSR count). The molecule has 1 aromatic rings. The van der Waals surface area contributed by atoms with Gasteiger partial charge in [-0.05, 0) is 30.5 Å². The molecule has 1 fully saturated rings. The van der Waals surface area contributed by atoms with Gasteiger partial charge in [0, 0.05) is 6.20 Å². The van der Waals surface area contributed by atoms with Crippen molar-refractivity contribution in [3.05, 3.63) is 22.7 Å². The van der Waals surface area contributed by atoms with Crippen molar-refractivity contribution in [2.45, 2.75) is 71.6 Å². The van der Waals surface area contributed by atoms with Crippen molar-refractivity contribution in [2.75, 3.05) is 18.5 Å². The second-order valence-electron chi connectivity index (χ2n) is 9.70. The molecule has 12 heteroatoms. The number of nitrogens with one attached hydrogen (secondary N) is 1. The number of aromatic nitrogens is 2. The molecule has 9 nitrogen and oxygen atoms in total. The summed E-state index contributed by atoms with van der Waals surface area (Å²) in [7, 11) is -1.80. The number of aliphatic hydroxyl groups excluding tert-OH is 1. The van der Waals surface area contributed by atoms with E-state index in [0.29, 0.717) is 4.57 Å². The summed E-state index contributed by atoms with van der Waals surface area (Å²) in [5.41, 5.74) is -4.54. The second-order valence-corrected chi connectivity index (χ2v) is 12.1. The van der Waals surface area contributed by atoms with E-state index in [9.17, 15) is 14.7 Å². The van der Waals surface area contributed by atoms with Gasteiger partial charge in [-0.15, -0.1) is 0 Å². The molecule has 32 heavy (non-hydrogen) atoms. The lowest BCUT2D eigenvalue weighted by molar-refractivity contribution is -0.237. The predicted octanol–water partition coefficient (Wildman–Crippen LogP) is 2.54. The number of rotatable bonds is 7. The third-order valence-electron chi connectivity index (χ3n) is 4.94. The van der Waals surface area contributed by atoms with E-state index < -0.39 is 56.7 Å². The second kappa shape index (κ2) is 9.54. The molecule has 2 N–H and O–H groups in total. The topological polar surface area (TPSA) is 112 Å². The number of alkyl halides is 2. The van der Waals surface area contributed by atoms with Crippen LogP contribution < -0.4 is 11.0 Å². The highest BCUT2D eigenvalue weighted by Crippen LogP contribution is 2.51. The summed E-state index contributed by atoms with van der Waals surface area (Å²) >= 11 is 0. The maximum Gasteiger partial charge on any atom is 0.412 e. The predicted molar refractivity (Wildman–Crippen MR) is 116 cm³/mol. The van der Waals surface area contributed by atoms with Crippen LogP contribution in [-0.4, -0.2) is 61.1 Å². The van der Waals surface area contributed by atoms with Gasteiger partial charge >= 0.3 is 17.7 Å². The van der Waals surface area contributed by atoms with Crippen LogP contribution in [0.1, 0.15) is 34.6 Å². The summed E-state index contributed by atoms with van der Waals surface area (Å²) in [6.07, 6.45) is -3.22. The van der Waals surface area contributed by atoms with Crippen molar-refractivity contribution in [3.8, 4) is 0 Å². The fraction of sp³-hybridized carbons (Fsp3) is 0.750. The lowest BCUT2D eigenvalue weighted by Crippen LogP contribution is -2.58. The van der Waals surface area contributed by atoms with Crippen LogP contribution in [0.2, 0.25) is 13.1 Å². The Bertz CT molecular complexity index is 874. The van der Waals surface area contributed by atoms with Gasteiger partial charge in [0.1, 0.15) is 11.9 Å². The summed E-state index contributed by atoms with van der Waals surface area (Å²) in [6.45, 7) is 11.8. The molecule has 1 saturated heterocycles. The van der Waals surface area contributed by atoms with E-state index in [1.54, 1.807) is 33.9 Å². The minimum absolute atomic E-state index is 0.106. The van der Waals surface area contributed by atoms with Gasteiger partial charge < -0.3 is 19.0 Å². The van der Waals surface area contributed by atoms with Gasteiger partial charge in [-0.3, -0.25) is 9.88 Å². The largest absolute Gasteiger partial charge is 0.449 e. The van der Waals surface area contributed by atoms with Crippen LogP contribution in [0.4, 0.5) is 19.4 Å². The van der Waals surface area contributed by atoms with Crippen molar-refractivity contribution in [2.24, 2.45) is 11.3 Å². The number of halogens is 2. The van der Waals surface area contributed by atoms with Crippen LogP contribution in [0.3, 0.4) is 0 Å². The Hall–Kier alpha value is -1.89. The lowest BCUT2D eigenvalue weighted by Gasteiger charge is -2.36. The van der Waals surface area contributed by atoms with E-state index in [2.05, 4.69) is 10.3 Å². The van der Waals surface area contributed by atoms with Gasteiger partial charge in [0.15, 0.2) is 9.04 Å². The lowest BCUT2D eigenvalue weighted by atomic mass is 9.84. The number of hydrogen-bond acceptors (Lipinski definition) is 7. The number of aliphatic hydroxyl groups is 1. The maximum atomic E-state index is 15.5. The Morgan fingerprint density at radius 1 is 1.41 bits per heavy atom. The smallest absolute Gasteiger partial charge is 0.412 e. The molecule has 1 aliphatic heterocycles. The molecule has 0 aromatic carbocycles. The minimum Gasteiger partial charge on any atom is -0.449 e.